The molecule has 0 aromatic heterocycles. The Balaban J connectivity index is 1.87. The Hall–Kier alpha value is -1.56. The van der Waals surface area contributed by atoms with Gasteiger partial charge < -0.3 is 0 Å². The van der Waals surface area contributed by atoms with Crippen molar-refractivity contribution in [2.75, 3.05) is 0 Å². The Morgan fingerprint density at radius 1 is 1.00 bits per heavy atom. The second-order valence-corrected chi connectivity index (χ2v) is 5.31. The number of hydrogen-bond donors (Lipinski definition) is 0. The minimum absolute atomic E-state index is 0.719. The van der Waals surface area contributed by atoms with Crippen LogP contribution in [0.5, 0.6) is 0 Å². The van der Waals surface area contributed by atoms with Crippen LogP contribution in [0.15, 0.2) is 47.6 Å². The molecule has 1 saturated carbocycles. The average Bonchev–Trinajstić information content (AvgIpc) is 2.78. The minimum Gasteiger partial charge on any atom is -0.0627 e. The number of allylic oxidation sites excluding steroid dienone is 5. The summed E-state index contributed by atoms with van der Waals surface area (Å²) in [5.74, 6) is 0.719. The quantitative estimate of drug-likeness (QED) is 0.599. The Morgan fingerprint density at radius 3 is 2.94 bits per heavy atom. The van der Waals surface area contributed by atoms with Crippen LogP contribution < -0.4 is 0 Å². The molecule has 4 rings (SSSR count). The lowest BCUT2D eigenvalue weighted by molar-refractivity contribution is 0.509. The lowest BCUT2D eigenvalue weighted by Gasteiger charge is -2.30. The molecule has 0 radical (unpaired) electrons. The summed E-state index contributed by atoms with van der Waals surface area (Å²) in [6.45, 7) is 0. The van der Waals surface area contributed by atoms with E-state index < -0.39 is 0 Å². The third-order valence-electron chi connectivity index (χ3n) is 4.37. The molecule has 0 N–H and O–H groups in total. The molecular formula is C17H16. The summed E-state index contributed by atoms with van der Waals surface area (Å²) in [6.07, 6.45) is 12.6. The van der Waals surface area contributed by atoms with E-state index >= 15 is 0 Å². The van der Waals surface area contributed by atoms with Crippen molar-refractivity contribution in [3.05, 3.63) is 58.7 Å². The number of benzene rings is 1. The van der Waals surface area contributed by atoms with Crippen LogP contribution in [0.25, 0.3) is 11.6 Å². The van der Waals surface area contributed by atoms with Gasteiger partial charge in [0.2, 0.25) is 0 Å². The maximum Gasteiger partial charge on any atom is 0.00576 e. The fraction of sp³-hybridized carbons (Fsp3) is 0.294. The van der Waals surface area contributed by atoms with Crippen LogP contribution in [0, 0.1) is 5.92 Å². The van der Waals surface area contributed by atoms with Crippen LogP contribution in [0.4, 0.5) is 0 Å². The van der Waals surface area contributed by atoms with Gasteiger partial charge in [0.15, 0.2) is 0 Å². The Morgan fingerprint density at radius 2 is 1.94 bits per heavy atom. The van der Waals surface area contributed by atoms with Gasteiger partial charge in [-0.05, 0) is 47.6 Å². The predicted molar refractivity (Wildman–Crippen MR) is 72.4 cm³/mol. The van der Waals surface area contributed by atoms with Crippen molar-refractivity contribution in [1.82, 2.24) is 0 Å². The third kappa shape index (κ3) is 1.30. The lowest BCUT2D eigenvalue weighted by atomic mass is 9.74. The van der Waals surface area contributed by atoms with E-state index in [2.05, 4.69) is 42.5 Å². The van der Waals surface area contributed by atoms with E-state index in [0.717, 1.165) is 5.92 Å². The molecule has 0 nitrogen and oxygen atoms in total. The van der Waals surface area contributed by atoms with E-state index in [1.807, 2.05) is 0 Å². The molecule has 1 aromatic carbocycles. The second kappa shape index (κ2) is 3.46. The Labute approximate surface area is 102 Å². The molecule has 1 aromatic rings. The van der Waals surface area contributed by atoms with Crippen molar-refractivity contribution >= 4 is 11.6 Å². The van der Waals surface area contributed by atoms with Gasteiger partial charge in [-0.25, -0.2) is 0 Å². The maximum absolute atomic E-state index is 2.42. The van der Waals surface area contributed by atoms with E-state index in [9.17, 15) is 0 Å². The SMILES string of the molecule is C1=C2C(=Cc3ccccc32)C2CCCCC2=C1. The van der Waals surface area contributed by atoms with Gasteiger partial charge in [-0.15, -0.1) is 0 Å². The molecule has 0 heterocycles. The van der Waals surface area contributed by atoms with Crippen molar-refractivity contribution < 1.29 is 0 Å². The zero-order valence-electron chi connectivity index (χ0n) is 9.95. The molecule has 0 bridgehead atoms. The predicted octanol–water partition coefficient (Wildman–Crippen LogP) is 4.60. The Kier molecular flexibility index (Phi) is 1.93. The smallest absolute Gasteiger partial charge is 0.00576 e. The first kappa shape index (κ1) is 9.47. The number of hydrogen-bond acceptors (Lipinski definition) is 0. The summed E-state index contributed by atoms with van der Waals surface area (Å²) < 4.78 is 0. The molecule has 1 unspecified atom stereocenters. The highest BCUT2D eigenvalue weighted by molar-refractivity contribution is 5.96. The zero-order valence-corrected chi connectivity index (χ0v) is 9.95. The van der Waals surface area contributed by atoms with E-state index in [1.165, 1.54) is 42.4 Å². The monoisotopic (exact) mass is 220 g/mol. The largest absolute Gasteiger partial charge is 0.0627 e. The van der Waals surface area contributed by atoms with Gasteiger partial charge in [-0.2, -0.15) is 0 Å². The highest BCUT2D eigenvalue weighted by atomic mass is 14.3. The van der Waals surface area contributed by atoms with Gasteiger partial charge in [-0.3, -0.25) is 0 Å². The highest BCUT2D eigenvalue weighted by Crippen LogP contribution is 2.48. The summed E-state index contributed by atoms with van der Waals surface area (Å²) in [5, 5.41) is 0. The molecular weight excluding hydrogens is 204 g/mol. The first-order valence-electron chi connectivity index (χ1n) is 6.65. The molecule has 17 heavy (non-hydrogen) atoms. The first-order valence-corrected chi connectivity index (χ1v) is 6.65. The van der Waals surface area contributed by atoms with Gasteiger partial charge in [0.1, 0.15) is 0 Å². The lowest BCUT2D eigenvalue weighted by Crippen LogP contribution is -2.14. The fourth-order valence-electron chi connectivity index (χ4n) is 3.53. The van der Waals surface area contributed by atoms with E-state index in [0.29, 0.717) is 0 Å². The third-order valence-corrected chi connectivity index (χ3v) is 4.37. The molecule has 3 aliphatic rings. The van der Waals surface area contributed by atoms with Gasteiger partial charge in [0.05, 0.1) is 0 Å². The molecule has 0 spiro atoms. The molecule has 1 fully saturated rings. The molecule has 1 atom stereocenters. The maximum atomic E-state index is 2.42. The van der Waals surface area contributed by atoms with Crippen LogP contribution in [0.1, 0.15) is 36.8 Å². The molecule has 0 amide bonds. The van der Waals surface area contributed by atoms with Gasteiger partial charge >= 0.3 is 0 Å². The van der Waals surface area contributed by atoms with Gasteiger partial charge in [0, 0.05) is 5.92 Å². The summed E-state index contributed by atoms with van der Waals surface area (Å²) in [4.78, 5) is 0. The molecule has 84 valence electrons. The first-order chi connectivity index (χ1) is 8.43. The van der Waals surface area contributed by atoms with Crippen LogP contribution in [0.3, 0.4) is 0 Å². The normalized spacial score (nSPS) is 25.2. The molecule has 0 saturated heterocycles. The fourth-order valence-corrected chi connectivity index (χ4v) is 3.53. The van der Waals surface area contributed by atoms with Crippen molar-refractivity contribution in [3.8, 4) is 0 Å². The van der Waals surface area contributed by atoms with Crippen molar-refractivity contribution in [2.24, 2.45) is 5.92 Å². The highest BCUT2D eigenvalue weighted by Gasteiger charge is 2.30. The van der Waals surface area contributed by atoms with Crippen LogP contribution in [-0.2, 0) is 0 Å². The van der Waals surface area contributed by atoms with Crippen LogP contribution >= 0.6 is 0 Å². The zero-order chi connectivity index (χ0) is 11.2. The van der Waals surface area contributed by atoms with Crippen molar-refractivity contribution in [1.29, 1.82) is 0 Å². The van der Waals surface area contributed by atoms with Crippen LogP contribution in [-0.4, -0.2) is 0 Å². The van der Waals surface area contributed by atoms with E-state index in [-0.39, 0.29) is 0 Å². The molecule has 3 aliphatic carbocycles. The van der Waals surface area contributed by atoms with E-state index in [1.54, 1.807) is 11.1 Å². The number of fused-ring (bicyclic) bond motifs is 5. The van der Waals surface area contributed by atoms with Crippen molar-refractivity contribution in [2.45, 2.75) is 25.7 Å². The van der Waals surface area contributed by atoms with Gasteiger partial charge in [0.25, 0.3) is 0 Å². The van der Waals surface area contributed by atoms with Gasteiger partial charge in [-0.1, -0.05) is 48.4 Å². The summed E-state index contributed by atoms with van der Waals surface area (Å²) in [7, 11) is 0. The average molecular weight is 220 g/mol. The minimum atomic E-state index is 0.719. The Bertz CT molecular complexity index is 569. The number of rotatable bonds is 0. The summed E-state index contributed by atoms with van der Waals surface area (Å²) in [5.41, 5.74) is 7.58. The molecule has 0 heteroatoms. The summed E-state index contributed by atoms with van der Waals surface area (Å²) >= 11 is 0. The topological polar surface area (TPSA) is 0 Å². The van der Waals surface area contributed by atoms with Crippen molar-refractivity contribution in [3.63, 3.8) is 0 Å². The van der Waals surface area contributed by atoms with E-state index in [4.69, 9.17) is 0 Å². The standard InChI is InChI=1S/C17H16/c1-3-7-14-12(5-1)9-10-16-15-8-4-2-6-13(15)11-17(14)16/h2,4,6,8-11,14H,1,3,5,7H2. The molecule has 0 aliphatic heterocycles. The second-order valence-electron chi connectivity index (χ2n) is 5.31. The van der Waals surface area contributed by atoms with Crippen LogP contribution in [0.2, 0.25) is 0 Å². The summed E-state index contributed by atoms with van der Waals surface area (Å²) in [6, 6.07) is 8.79.